The lowest BCUT2D eigenvalue weighted by Crippen LogP contribution is -2.34. The summed E-state index contributed by atoms with van der Waals surface area (Å²) in [5, 5.41) is 2.52. The zero-order chi connectivity index (χ0) is 21.1. The average molecular weight is 399 g/mol. The number of Topliss-reactive ketones (excluding diaryl/α,β-unsaturated/α-hetero) is 1. The summed E-state index contributed by atoms with van der Waals surface area (Å²) in [5.41, 5.74) is 1.06. The van der Waals surface area contributed by atoms with E-state index in [1.54, 1.807) is 0 Å². The van der Waals surface area contributed by atoms with Crippen LogP contribution in [0.3, 0.4) is 0 Å². The van der Waals surface area contributed by atoms with Crippen molar-refractivity contribution in [3.63, 3.8) is 0 Å². The van der Waals surface area contributed by atoms with E-state index in [0.29, 0.717) is 11.4 Å². The monoisotopic (exact) mass is 399 g/mol. The molecular weight excluding hydrogens is 378 g/mol. The number of benzene rings is 1. The molecule has 0 fully saturated rings. The minimum atomic E-state index is -4.39. The van der Waals surface area contributed by atoms with Gasteiger partial charge in [0.2, 0.25) is 5.91 Å². The molecule has 9 heteroatoms. The molecule has 1 N–H and O–H groups in total. The Hall–Kier alpha value is -2.68. The van der Waals surface area contributed by atoms with Gasteiger partial charge in [0.25, 0.3) is 0 Å². The maximum Gasteiger partial charge on any atom is 0.406 e. The van der Waals surface area contributed by atoms with Crippen molar-refractivity contribution in [1.29, 1.82) is 0 Å². The topological polar surface area (TPSA) is 54.3 Å². The van der Waals surface area contributed by atoms with Gasteiger partial charge >= 0.3 is 6.18 Å². The Bertz CT molecular complexity index is 875. The van der Waals surface area contributed by atoms with Crippen LogP contribution in [0.4, 0.5) is 23.2 Å². The van der Waals surface area contributed by atoms with Gasteiger partial charge in [0, 0.05) is 22.6 Å². The zero-order valence-electron chi connectivity index (χ0n) is 15.7. The smallest absolute Gasteiger partial charge is 0.339 e. The Morgan fingerprint density at radius 2 is 1.82 bits per heavy atom. The van der Waals surface area contributed by atoms with E-state index in [1.165, 1.54) is 56.1 Å². The summed E-state index contributed by atoms with van der Waals surface area (Å²) in [4.78, 5) is 25.9. The minimum Gasteiger partial charge on any atom is -0.339 e. The first-order valence-electron chi connectivity index (χ1n) is 8.47. The minimum absolute atomic E-state index is 0.135. The second-order valence-electron chi connectivity index (χ2n) is 6.64. The number of ketones is 1. The Morgan fingerprint density at radius 3 is 2.43 bits per heavy atom. The number of nitrogens with one attached hydrogen (secondary N) is 1. The van der Waals surface area contributed by atoms with Crippen LogP contribution >= 0.6 is 0 Å². The Labute approximate surface area is 159 Å². The van der Waals surface area contributed by atoms with E-state index in [-0.39, 0.29) is 30.1 Å². The molecule has 0 atom stereocenters. The number of anilines is 1. The summed E-state index contributed by atoms with van der Waals surface area (Å²) in [6, 6.07) is 6.81. The van der Waals surface area contributed by atoms with Crippen LogP contribution in [-0.2, 0) is 11.3 Å². The largest absolute Gasteiger partial charge is 0.406 e. The number of likely N-dealkylation sites (N-methyl/N-ethyl adjacent to an activating group) is 1. The summed E-state index contributed by atoms with van der Waals surface area (Å²) in [5.74, 6) is -1.32. The molecule has 28 heavy (non-hydrogen) atoms. The third-order valence-electron chi connectivity index (χ3n) is 4.15. The molecule has 0 spiro atoms. The highest BCUT2D eigenvalue weighted by Gasteiger charge is 2.30. The fourth-order valence-corrected chi connectivity index (χ4v) is 2.90. The summed E-state index contributed by atoms with van der Waals surface area (Å²) in [7, 11) is 1.54. The predicted molar refractivity (Wildman–Crippen MR) is 96.8 cm³/mol. The van der Waals surface area contributed by atoms with Crippen molar-refractivity contribution in [2.75, 3.05) is 25.5 Å². The lowest BCUT2D eigenvalue weighted by atomic mass is 10.1. The van der Waals surface area contributed by atoms with Crippen molar-refractivity contribution in [1.82, 2.24) is 9.47 Å². The van der Waals surface area contributed by atoms with Crippen LogP contribution in [0.25, 0.3) is 0 Å². The summed E-state index contributed by atoms with van der Waals surface area (Å²) < 4.78 is 52.2. The van der Waals surface area contributed by atoms with Crippen molar-refractivity contribution >= 4 is 17.4 Å². The van der Waals surface area contributed by atoms with Gasteiger partial charge in [-0.25, -0.2) is 4.39 Å². The normalized spacial score (nSPS) is 11.7. The molecule has 1 amide bonds. The van der Waals surface area contributed by atoms with Gasteiger partial charge in [-0.3, -0.25) is 14.5 Å². The molecule has 0 saturated heterocycles. The van der Waals surface area contributed by atoms with Gasteiger partial charge in [0.15, 0.2) is 5.78 Å². The number of aromatic nitrogens is 1. The highest BCUT2D eigenvalue weighted by molar-refractivity contribution is 5.99. The zero-order valence-corrected chi connectivity index (χ0v) is 15.7. The number of aryl methyl sites for hydroxylation is 1. The molecule has 2 aromatic rings. The second kappa shape index (κ2) is 8.55. The number of nitrogens with zero attached hydrogens (tertiary/aromatic N) is 2. The molecule has 1 aromatic carbocycles. The molecule has 2 rings (SSSR count). The van der Waals surface area contributed by atoms with E-state index in [2.05, 4.69) is 5.32 Å². The van der Waals surface area contributed by atoms with Crippen LogP contribution in [0, 0.1) is 19.7 Å². The lowest BCUT2D eigenvalue weighted by Gasteiger charge is -2.16. The molecule has 0 saturated carbocycles. The Balaban J connectivity index is 1.98. The predicted octanol–water partition coefficient (Wildman–Crippen LogP) is 3.56. The van der Waals surface area contributed by atoms with Gasteiger partial charge < -0.3 is 9.88 Å². The van der Waals surface area contributed by atoms with E-state index in [1.807, 2.05) is 0 Å². The number of carbonyl (C=O) groups is 2. The number of carbonyl (C=O) groups excluding carboxylic acids is 2. The third kappa shape index (κ3) is 5.91. The SMILES string of the molecule is Cc1cc(C(=O)CN(C)CC(=O)Nc2cccc(F)c2)c(C)n1CC(F)(F)F. The molecule has 1 aromatic heterocycles. The highest BCUT2D eigenvalue weighted by atomic mass is 19.4. The lowest BCUT2D eigenvalue weighted by molar-refractivity contribution is -0.141. The third-order valence-corrected chi connectivity index (χ3v) is 4.15. The molecular formula is C19H21F4N3O2. The van der Waals surface area contributed by atoms with E-state index < -0.39 is 24.4 Å². The first kappa shape index (κ1) is 21.6. The summed E-state index contributed by atoms with van der Waals surface area (Å²) >= 11 is 0. The molecule has 5 nitrogen and oxygen atoms in total. The highest BCUT2D eigenvalue weighted by Crippen LogP contribution is 2.23. The number of rotatable bonds is 7. The molecule has 0 radical (unpaired) electrons. The summed E-state index contributed by atoms with van der Waals surface area (Å²) in [6.45, 7) is 1.52. The molecule has 0 aliphatic carbocycles. The molecule has 0 aliphatic heterocycles. The maximum absolute atomic E-state index is 13.1. The second-order valence-corrected chi connectivity index (χ2v) is 6.64. The van der Waals surface area contributed by atoms with Gasteiger partial charge in [-0.15, -0.1) is 0 Å². The van der Waals surface area contributed by atoms with Crippen LogP contribution in [0.15, 0.2) is 30.3 Å². The first-order chi connectivity index (χ1) is 13.0. The number of amides is 1. The maximum atomic E-state index is 13.1. The number of hydrogen-bond acceptors (Lipinski definition) is 3. The van der Waals surface area contributed by atoms with Crippen molar-refractivity contribution < 1.29 is 27.2 Å². The molecule has 0 unspecified atom stereocenters. The Kier molecular flexibility index (Phi) is 6.60. The van der Waals surface area contributed by atoms with Gasteiger partial charge in [-0.05, 0) is 45.2 Å². The average Bonchev–Trinajstić information content (AvgIpc) is 2.81. The van der Waals surface area contributed by atoms with Crippen LogP contribution in [0.1, 0.15) is 21.7 Å². The van der Waals surface area contributed by atoms with E-state index in [0.717, 1.165) is 4.57 Å². The van der Waals surface area contributed by atoms with Crippen LogP contribution in [-0.4, -0.2) is 47.5 Å². The molecule has 0 bridgehead atoms. The van der Waals surface area contributed by atoms with Crippen LogP contribution in [0.2, 0.25) is 0 Å². The number of hydrogen-bond donors (Lipinski definition) is 1. The standard InChI is InChI=1S/C19H21F4N3O2/c1-12-7-16(13(2)26(12)11-19(21,22)23)17(27)9-25(3)10-18(28)24-15-6-4-5-14(20)8-15/h4-8H,9-11H2,1-3H3,(H,24,28). The Morgan fingerprint density at radius 1 is 1.14 bits per heavy atom. The van der Waals surface area contributed by atoms with Gasteiger partial charge in [-0.2, -0.15) is 13.2 Å². The van der Waals surface area contributed by atoms with E-state index in [4.69, 9.17) is 0 Å². The first-order valence-corrected chi connectivity index (χ1v) is 8.47. The number of halogens is 4. The van der Waals surface area contributed by atoms with Crippen molar-refractivity contribution in [3.05, 3.63) is 53.1 Å². The van der Waals surface area contributed by atoms with E-state index in [9.17, 15) is 27.2 Å². The van der Waals surface area contributed by atoms with Crippen molar-refractivity contribution in [3.8, 4) is 0 Å². The van der Waals surface area contributed by atoms with Gasteiger partial charge in [-0.1, -0.05) is 6.07 Å². The van der Waals surface area contributed by atoms with Gasteiger partial charge in [0.05, 0.1) is 13.1 Å². The van der Waals surface area contributed by atoms with E-state index >= 15 is 0 Å². The van der Waals surface area contributed by atoms with Crippen LogP contribution < -0.4 is 5.32 Å². The molecule has 0 aliphatic rings. The number of alkyl halides is 3. The van der Waals surface area contributed by atoms with Crippen molar-refractivity contribution in [2.45, 2.75) is 26.6 Å². The van der Waals surface area contributed by atoms with Crippen LogP contribution in [0.5, 0.6) is 0 Å². The van der Waals surface area contributed by atoms with Crippen molar-refractivity contribution in [2.24, 2.45) is 0 Å². The fraction of sp³-hybridized carbons (Fsp3) is 0.368. The van der Waals surface area contributed by atoms with Gasteiger partial charge in [0.1, 0.15) is 12.4 Å². The summed E-state index contributed by atoms with van der Waals surface area (Å²) in [6.07, 6.45) is -4.39. The molecule has 152 valence electrons. The fourth-order valence-electron chi connectivity index (χ4n) is 2.90. The molecule has 1 heterocycles. The quantitative estimate of drug-likeness (QED) is 0.572.